The van der Waals surface area contributed by atoms with Crippen LogP contribution in [0.1, 0.15) is 12.0 Å². The van der Waals surface area contributed by atoms with E-state index in [-0.39, 0.29) is 24.3 Å². The molecule has 8 nitrogen and oxygen atoms in total. The van der Waals surface area contributed by atoms with Crippen molar-refractivity contribution in [2.75, 3.05) is 11.9 Å². The zero-order valence-corrected chi connectivity index (χ0v) is 13.7. The number of rotatable bonds is 6. The third-order valence-electron chi connectivity index (χ3n) is 3.31. The largest absolute Gasteiger partial charge is 0.320 e. The number of thioether (sulfide) groups is 1. The van der Waals surface area contributed by atoms with Gasteiger partial charge < -0.3 is 5.32 Å². The van der Waals surface area contributed by atoms with Crippen LogP contribution in [0.15, 0.2) is 30.9 Å². The molecule has 9 heteroatoms. The summed E-state index contributed by atoms with van der Waals surface area (Å²) >= 11 is 0.769. The molecule has 1 N–H and O–H groups in total. The normalized spacial score (nSPS) is 17.0. The first kappa shape index (κ1) is 17.7. The van der Waals surface area contributed by atoms with Gasteiger partial charge in [0.2, 0.25) is 11.8 Å². The maximum absolute atomic E-state index is 12.1. The summed E-state index contributed by atoms with van der Waals surface area (Å²) in [6.45, 7) is 5.26. The number of nitrogens with one attached hydrogen (secondary N) is 1. The first-order valence-corrected chi connectivity index (χ1v) is 7.89. The van der Waals surface area contributed by atoms with Crippen molar-refractivity contribution >= 4 is 40.2 Å². The van der Waals surface area contributed by atoms with E-state index in [1.165, 1.54) is 18.2 Å². The van der Waals surface area contributed by atoms with Crippen molar-refractivity contribution in [3.05, 3.63) is 46.5 Å². The quantitative estimate of drug-likeness (QED) is 0.480. The molecule has 1 atom stereocenters. The molecule has 0 aromatic heterocycles. The number of nitrogens with zero attached hydrogens (tertiary/aromatic N) is 2. The Kier molecular flexibility index (Phi) is 5.35. The molecule has 0 saturated carbocycles. The summed E-state index contributed by atoms with van der Waals surface area (Å²) in [6.07, 6.45) is 1.18. The van der Waals surface area contributed by atoms with Crippen molar-refractivity contribution in [3.8, 4) is 0 Å². The zero-order valence-electron chi connectivity index (χ0n) is 12.9. The van der Waals surface area contributed by atoms with E-state index in [2.05, 4.69) is 11.9 Å². The van der Waals surface area contributed by atoms with E-state index >= 15 is 0 Å². The standard InChI is InChI=1S/C15H15N3O5S/c1-3-6-17-14(20)12(24-15(17)21)8-13(19)16-10-5-4-9(2)7-11(10)18(22)23/h3-5,7,12H,1,6,8H2,2H3,(H,16,19). The summed E-state index contributed by atoms with van der Waals surface area (Å²) in [4.78, 5) is 47.3. The van der Waals surface area contributed by atoms with Crippen LogP contribution >= 0.6 is 11.8 Å². The highest BCUT2D eigenvalue weighted by Crippen LogP contribution is 2.30. The molecule has 0 aliphatic carbocycles. The molecule has 1 aliphatic rings. The van der Waals surface area contributed by atoms with Gasteiger partial charge in [-0.15, -0.1) is 6.58 Å². The molecule has 1 unspecified atom stereocenters. The third-order valence-corrected chi connectivity index (χ3v) is 4.39. The van der Waals surface area contributed by atoms with Gasteiger partial charge in [0.25, 0.3) is 10.9 Å². The SMILES string of the molecule is C=CCN1C(=O)SC(CC(=O)Nc2ccc(C)cc2[N+](=O)[O-])C1=O. The van der Waals surface area contributed by atoms with E-state index in [1.54, 1.807) is 13.0 Å². The van der Waals surface area contributed by atoms with Gasteiger partial charge in [-0.25, -0.2) is 0 Å². The lowest BCUT2D eigenvalue weighted by atomic mass is 10.2. The first-order valence-electron chi connectivity index (χ1n) is 7.01. The summed E-state index contributed by atoms with van der Waals surface area (Å²) in [5, 5.41) is 12.2. The lowest BCUT2D eigenvalue weighted by Gasteiger charge is -2.11. The number of amides is 3. The van der Waals surface area contributed by atoms with E-state index in [9.17, 15) is 24.5 Å². The average molecular weight is 349 g/mol. The number of hydrogen-bond acceptors (Lipinski definition) is 6. The van der Waals surface area contributed by atoms with Crippen LogP contribution in [0.25, 0.3) is 0 Å². The fraction of sp³-hybridized carbons (Fsp3) is 0.267. The lowest BCUT2D eigenvalue weighted by molar-refractivity contribution is -0.384. The van der Waals surface area contributed by atoms with Crippen molar-refractivity contribution in [1.82, 2.24) is 4.90 Å². The predicted octanol–water partition coefficient (Wildman–Crippen LogP) is 2.48. The lowest BCUT2D eigenvalue weighted by Crippen LogP contribution is -2.33. The Morgan fingerprint density at radius 2 is 2.21 bits per heavy atom. The van der Waals surface area contributed by atoms with Crippen LogP contribution in [0.3, 0.4) is 0 Å². The predicted molar refractivity (Wildman–Crippen MR) is 89.8 cm³/mol. The van der Waals surface area contributed by atoms with Crippen molar-refractivity contribution in [3.63, 3.8) is 0 Å². The van der Waals surface area contributed by atoms with Gasteiger partial charge in [-0.2, -0.15) is 0 Å². The molecule has 1 aromatic carbocycles. The topological polar surface area (TPSA) is 110 Å². The van der Waals surface area contributed by atoms with Gasteiger partial charge >= 0.3 is 0 Å². The second kappa shape index (κ2) is 7.26. The van der Waals surface area contributed by atoms with E-state index in [4.69, 9.17) is 0 Å². The van der Waals surface area contributed by atoms with Crippen molar-refractivity contribution < 1.29 is 19.3 Å². The minimum Gasteiger partial charge on any atom is -0.320 e. The van der Waals surface area contributed by atoms with E-state index in [1.807, 2.05) is 0 Å². The zero-order chi connectivity index (χ0) is 17.9. The maximum Gasteiger partial charge on any atom is 0.293 e. The average Bonchev–Trinajstić information content (AvgIpc) is 2.76. The summed E-state index contributed by atoms with van der Waals surface area (Å²) in [5.74, 6) is -1.03. The van der Waals surface area contributed by atoms with Gasteiger partial charge in [-0.05, 0) is 18.6 Å². The third kappa shape index (κ3) is 3.80. The molecule has 3 amide bonds. The number of anilines is 1. The van der Waals surface area contributed by atoms with Crippen molar-refractivity contribution in [1.29, 1.82) is 0 Å². The smallest absolute Gasteiger partial charge is 0.293 e. The minimum atomic E-state index is -0.832. The summed E-state index contributed by atoms with van der Waals surface area (Å²) in [5.41, 5.74) is 0.519. The number of nitro benzene ring substituents is 1. The Morgan fingerprint density at radius 3 is 2.83 bits per heavy atom. The summed E-state index contributed by atoms with van der Waals surface area (Å²) in [7, 11) is 0. The monoisotopic (exact) mass is 349 g/mol. The van der Waals surface area contributed by atoms with E-state index in [0.29, 0.717) is 5.56 Å². The number of benzene rings is 1. The van der Waals surface area contributed by atoms with Gasteiger partial charge in [0, 0.05) is 19.0 Å². The Morgan fingerprint density at radius 1 is 1.50 bits per heavy atom. The Bertz CT molecular complexity index is 734. The molecule has 126 valence electrons. The molecule has 0 radical (unpaired) electrons. The molecule has 0 bridgehead atoms. The Hall–Kier alpha value is -2.68. The Labute approximate surface area is 142 Å². The molecular weight excluding hydrogens is 334 g/mol. The van der Waals surface area contributed by atoms with Crippen LogP contribution in [0.5, 0.6) is 0 Å². The number of hydrogen-bond donors (Lipinski definition) is 1. The number of imide groups is 1. The van der Waals surface area contributed by atoms with Crippen LogP contribution in [-0.4, -0.2) is 38.7 Å². The second-order valence-electron chi connectivity index (χ2n) is 5.14. The minimum absolute atomic E-state index is 0.0559. The van der Waals surface area contributed by atoms with E-state index in [0.717, 1.165) is 16.7 Å². The highest BCUT2D eigenvalue weighted by molar-refractivity contribution is 8.15. The number of carbonyl (C=O) groups excluding carboxylic acids is 3. The van der Waals surface area contributed by atoms with Gasteiger partial charge in [-0.1, -0.05) is 23.9 Å². The van der Waals surface area contributed by atoms with Crippen LogP contribution < -0.4 is 5.32 Å². The molecule has 2 rings (SSSR count). The van der Waals surface area contributed by atoms with Crippen LogP contribution in [0, 0.1) is 17.0 Å². The van der Waals surface area contributed by atoms with Gasteiger partial charge in [0.05, 0.1) is 4.92 Å². The molecule has 1 fully saturated rings. The van der Waals surface area contributed by atoms with E-state index < -0.39 is 27.2 Å². The molecule has 0 spiro atoms. The van der Waals surface area contributed by atoms with Crippen molar-refractivity contribution in [2.24, 2.45) is 0 Å². The maximum atomic E-state index is 12.1. The fourth-order valence-corrected chi connectivity index (χ4v) is 3.19. The fourth-order valence-electron chi connectivity index (χ4n) is 2.19. The number of nitro groups is 1. The van der Waals surface area contributed by atoms with Crippen molar-refractivity contribution in [2.45, 2.75) is 18.6 Å². The molecule has 1 aliphatic heterocycles. The molecular formula is C15H15N3O5S. The first-order chi connectivity index (χ1) is 11.3. The highest BCUT2D eigenvalue weighted by Gasteiger charge is 2.40. The molecule has 1 heterocycles. The summed E-state index contributed by atoms with van der Waals surface area (Å²) in [6, 6.07) is 4.41. The van der Waals surface area contributed by atoms with Crippen LogP contribution in [0.2, 0.25) is 0 Å². The molecule has 1 aromatic rings. The van der Waals surface area contributed by atoms with Crippen LogP contribution in [-0.2, 0) is 9.59 Å². The van der Waals surface area contributed by atoms with Crippen LogP contribution in [0.4, 0.5) is 16.2 Å². The second-order valence-corrected chi connectivity index (χ2v) is 6.29. The van der Waals surface area contributed by atoms with Gasteiger partial charge in [-0.3, -0.25) is 29.4 Å². The number of carbonyl (C=O) groups is 3. The van der Waals surface area contributed by atoms with Gasteiger partial charge in [0.15, 0.2) is 0 Å². The molecule has 1 saturated heterocycles. The van der Waals surface area contributed by atoms with Gasteiger partial charge in [0.1, 0.15) is 10.9 Å². The molecule has 24 heavy (non-hydrogen) atoms. The number of aryl methyl sites for hydroxylation is 1. The summed E-state index contributed by atoms with van der Waals surface area (Å²) < 4.78 is 0. The Balaban J connectivity index is 2.07. The highest BCUT2D eigenvalue weighted by atomic mass is 32.2.